The maximum absolute atomic E-state index is 11.9. The monoisotopic (exact) mass is 425 g/mol. The molecule has 0 saturated heterocycles. The molecule has 0 aliphatic rings. The number of anilines is 1. The van der Waals surface area contributed by atoms with Gasteiger partial charge in [0, 0.05) is 14.6 Å². The van der Waals surface area contributed by atoms with E-state index in [2.05, 4.69) is 37.2 Å². The largest absolute Gasteiger partial charge is 0.452 e. The highest BCUT2D eigenvalue weighted by Crippen LogP contribution is 2.20. The first-order valence-electron chi connectivity index (χ1n) is 6.45. The number of hydrogen-bond donors (Lipinski definition) is 1. The fourth-order valence-electron chi connectivity index (χ4n) is 1.76. The molecular weight excluding hydrogens is 414 g/mol. The number of carbonyl (C=O) groups is 2. The van der Waals surface area contributed by atoms with Gasteiger partial charge in [0.15, 0.2) is 6.61 Å². The van der Waals surface area contributed by atoms with E-state index in [0.717, 1.165) is 10.0 Å². The molecule has 0 aromatic heterocycles. The third-order valence-corrected chi connectivity index (χ3v) is 4.45. The molecule has 0 bridgehead atoms. The van der Waals surface area contributed by atoms with Gasteiger partial charge in [-0.3, -0.25) is 4.79 Å². The minimum Gasteiger partial charge on any atom is -0.452 e. The van der Waals surface area contributed by atoms with Gasteiger partial charge in [0.25, 0.3) is 5.91 Å². The molecule has 2 aromatic carbocycles. The summed E-state index contributed by atoms with van der Waals surface area (Å²) in [5.41, 5.74) is 2.04. The topological polar surface area (TPSA) is 55.4 Å². The predicted octanol–water partition coefficient (Wildman–Crippen LogP) is 4.32. The molecule has 0 spiro atoms. The van der Waals surface area contributed by atoms with Gasteiger partial charge in [-0.2, -0.15) is 0 Å². The Labute approximate surface area is 145 Å². The highest BCUT2D eigenvalue weighted by molar-refractivity contribution is 9.10. The van der Waals surface area contributed by atoms with Crippen molar-refractivity contribution in [1.29, 1.82) is 0 Å². The number of halogens is 2. The summed E-state index contributed by atoms with van der Waals surface area (Å²) in [7, 11) is 0. The van der Waals surface area contributed by atoms with Gasteiger partial charge >= 0.3 is 5.97 Å². The first-order valence-corrected chi connectivity index (χ1v) is 8.03. The van der Waals surface area contributed by atoms with Gasteiger partial charge in [0.1, 0.15) is 0 Å². The van der Waals surface area contributed by atoms with Crippen molar-refractivity contribution >= 4 is 49.4 Å². The minimum absolute atomic E-state index is 0.338. The molecule has 0 heterocycles. The lowest BCUT2D eigenvalue weighted by Gasteiger charge is -2.08. The van der Waals surface area contributed by atoms with E-state index in [1.165, 1.54) is 0 Å². The first kappa shape index (κ1) is 16.7. The molecule has 6 heteroatoms. The molecule has 4 nitrogen and oxygen atoms in total. The molecule has 0 atom stereocenters. The molecule has 2 rings (SSSR count). The van der Waals surface area contributed by atoms with Crippen molar-refractivity contribution in [2.45, 2.75) is 6.92 Å². The Morgan fingerprint density at radius 3 is 2.50 bits per heavy atom. The molecule has 1 amide bonds. The molecule has 0 aliphatic heterocycles. The maximum atomic E-state index is 11.9. The van der Waals surface area contributed by atoms with Gasteiger partial charge in [-0.05, 0) is 58.7 Å². The second-order valence-electron chi connectivity index (χ2n) is 4.57. The van der Waals surface area contributed by atoms with Crippen LogP contribution >= 0.6 is 31.9 Å². The zero-order chi connectivity index (χ0) is 16.1. The molecule has 114 valence electrons. The van der Waals surface area contributed by atoms with Crippen LogP contribution < -0.4 is 5.32 Å². The molecule has 0 aliphatic carbocycles. The molecule has 0 fully saturated rings. The van der Waals surface area contributed by atoms with Crippen molar-refractivity contribution in [2.24, 2.45) is 0 Å². The SMILES string of the molecule is Cc1cc(NC(=O)COC(=O)c2ccccc2Br)ccc1Br. The summed E-state index contributed by atoms with van der Waals surface area (Å²) in [5.74, 6) is -0.934. The highest BCUT2D eigenvalue weighted by atomic mass is 79.9. The summed E-state index contributed by atoms with van der Waals surface area (Å²) >= 11 is 6.66. The first-order chi connectivity index (χ1) is 10.5. The molecule has 0 saturated carbocycles. The number of rotatable bonds is 4. The van der Waals surface area contributed by atoms with Crippen LogP contribution in [-0.2, 0) is 9.53 Å². The number of hydrogen-bond acceptors (Lipinski definition) is 3. The van der Waals surface area contributed by atoms with E-state index in [1.54, 1.807) is 30.3 Å². The minimum atomic E-state index is -0.547. The number of benzene rings is 2. The lowest BCUT2D eigenvalue weighted by Crippen LogP contribution is -2.21. The Kier molecular flexibility index (Phi) is 5.74. The number of ether oxygens (including phenoxy) is 1. The van der Waals surface area contributed by atoms with E-state index in [-0.39, 0.29) is 12.5 Å². The van der Waals surface area contributed by atoms with Crippen LogP contribution in [0.1, 0.15) is 15.9 Å². The Morgan fingerprint density at radius 2 is 1.82 bits per heavy atom. The van der Waals surface area contributed by atoms with Gasteiger partial charge in [-0.15, -0.1) is 0 Å². The summed E-state index contributed by atoms with van der Waals surface area (Å²) in [6, 6.07) is 12.3. The van der Waals surface area contributed by atoms with Crippen LogP contribution in [0.15, 0.2) is 51.4 Å². The average Bonchev–Trinajstić information content (AvgIpc) is 2.49. The Hall–Kier alpha value is -1.66. The van der Waals surface area contributed by atoms with E-state index in [1.807, 2.05) is 19.1 Å². The normalized spacial score (nSPS) is 10.1. The summed E-state index contributed by atoms with van der Waals surface area (Å²) < 4.78 is 6.60. The summed E-state index contributed by atoms with van der Waals surface area (Å²) in [6.07, 6.45) is 0. The number of esters is 1. The standard InChI is InChI=1S/C16H13Br2NO3/c1-10-8-11(6-7-13(10)17)19-15(20)9-22-16(21)12-4-2-3-5-14(12)18/h2-8H,9H2,1H3,(H,19,20). The predicted molar refractivity (Wildman–Crippen MR) is 91.9 cm³/mol. The molecule has 0 radical (unpaired) electrons. The average molecular weight is 427 g/mol. The van der Waals surface area contributed by atoms with Crippen molar-refractivity contribution in [1.82, 2.24) is 0 Å². The van der Waals surface area contributed by atoms with E-state index >= 15 is 0 Å². The van der Waals surface area contributed by atoms with Crippen LogP contribution in [0, 0.1) is 6.92 Å². The van der Waals surface area contributed by atoms with Crippen LogP contribution in [-0.4, -0.2) is 18.5 Å². The molecule has 22 heavy (non-hydrogen) atoms. The zero-order valence-electron chi connectivity index (χ0n) is 11.7. The number of carbonyl (C=O) groups excluding carboxylic acids is 2. The van der Waals surface area contributed by atoms with Gasteiger partial charge in [-0.1, -0.05) is 28.1 Å². The number of aryl methyl sites for hydroxylation is 1. The third kappa shape index (κ3) is 4.42. The Morgan fingerprint density at radius 1 is 1.09 bits per heavy atom. The van der Waals surface area contributed by atoms with Crippen molar-refractivity contribution < 1.29 is 14.3 Å². The van der Waals surface area contributed by atoms with Gasteiger partial charge in [0.05, 0.1) is 5.56 Å². The van der Waals surface area contributed by atoms with Crippen molar-refractivity contribution in [3.05, 3.63) is 62.5 Å². The zero-order valence-corrected chi connectivity index (χ0v) is 14.9. The van der Waals surface area contributed by atoms with E-state index in [0.29, 0.717) is 15.7 Å². The molecular formula is C16H13Br2NO3. The van der Waals surface area contributed by atoms with Crippen LogP contribution in [0.3, 0.4) is 0 Å². The maximum Gasteiger partial charge on any atom is 0.339 e. The number of nitrogens with one attached hydrogen (secondary N) is 1. The molecule has 0 unspecified atom stereocenters. The summed E-state index contributed by atoms with van der Waals surface area (Å²) in [5, 5.41) is 2.68. The highest BCUT2D eigenvalue weighted by Gasteiger charge is 2.13. The number of amides is 1. The van der Waals surface area contributed by atoms with Gasteiger partial charge in [-0.25, -0.2) is 4.79 Å². The van der Waals surface area contributed by atoms with Crippen LogP contribution in [0.2, 0.25) is 0 Å². The van der Waals surface area contributed by atoms with Crippen molar-refractivity contribution in [3.8, 4) is 0 Å². The van der Waals surface area contributed by atoms with Crippen LogP contribution in [0.5, 0.6) is 0 Å². The van der Waals surface area contributed by atoms with E-state index < -0.39 is 5.97 Å². The Balaban J connectivity index is 1.91. The summed E-state index contributed by atoms with van der Waals surface area (Å²) in [6.45, 7) is 1.59. The molecule has 1 N–H and O–H groups in total. The van der Waals surface area contributed by atoms with Gasteiger partial charge < -0.3 is 10.1 Å². The van der Waals surface area contributed by atoms with Gasteiger partial charge in [0.2, 0.25) is 0 Å². The molecule has 2 aromatic rings. The quantitative estimate of drug-likeness (QED) is 0.741. The Bertz CT molecular complexity index is 716. The van der Waals surface area contributed by atoms with E-state index in [9.17, 15) is 9.59 Å². The third-order valence-electron chi connectivity index (χ3n) is 2.87. The van der Waals surface area contributed by atoms with Crippen molar-refractivity contribution in [3.63, 3.8) is 0 Å². The lowest BCUT2D eigenvalue weighted by atomic mass is 10.2. The lowest BCUT2D eigenvalue weighted by molar-refractivity contribution is -0.119. The fraction of sp³-hybridized carbons (Fsp3) is 0.125. The summed E-state index contributed by atoms with van der Waals surface area (Å²) in [4.78, 5) is 23.7. The van der Waals surface area contributed by atoms with Crippen molar-refractivity contribution in [2.75, 3.05) is 11.9 Å². The fourth-order valence-corrected chi connectivity index (χ4v) is 2.45. The second-order valence-corrected chi connectivity index (χ2v) is 6.28. The smallest absolute Gasteiger partial charge is 0.339 e. The second kappa shape index (κ2) is 7.56. The van der Waals surface area contributed by atoms with E-state index in [4.69, 9.17) is 4.74 Å². The van der Waals surface area contributed by atoms with Crippen LogP contribution in [0.25, 0.3) is 0 Å². The van der Waals surface area contributed by atoms with Crippen LogP contribution in [0.4, 0.5) is 5.69 Å².